The number of pyridine rings is 1. The molecule has 0 aliphatic carbocycles. The molecule has 5 nitrogen and oxygen atoms in total. The highest BCUT2D eigenvalue weighted by Gasteiger charge is 2.42. The van der Waals surface area contributed by atoms with E-state index in [9.17, 15) is 4.79 Å². The number of thioether (sulfide) groups is 1. The fraction of sp³-hybridized carbons (Fsp3) is 0.263. The van der Waals surface area contributed by atoms with E-state index in [4.69, 9.17) is 17.0 Å². The van der Waals surface area contributed by atoms with Gasteiger partial charge in [-0.05, 0) is 48.5 Å². The van der Waals surface area contributed by atoms with Gasteiger partial charge < -0.3 is 4.74 Å². The maximum atomic E-state index is 13.0. The molecule has 1 unspecified atom stereocenters. The number of aliphatic imine (C=N–C) groups is 1. The van der Waals surface area contributed by atoms with Crippen molar-refractivity contribution in [2.24, 2.45) is 4.99 Å². The average Bonchev–Trinajstić information content (AvgIpc) is 3.03. The molecule has 26 heavy (non-hydrogen) atoms. The molecule has 0 spiro atoms. The Balaban J connectivity index is 1.53. The number of hydrogen-bond acceptors (Lipinski definition) is 5. The van der Waals surface area contributed by atoms with Crippen LogP contribution in [0.3, 0.4) is 0 Å². The predicted octanol–water partition coefficient (Wildman–Crippen LogP) is 3.46. The van der Waals surface area contributed by atoms with Crippen molar-refractivity contribution in [3.8, 4) is 5.75 Å². The molecule has 0 radical (unpaired) electrons. The van der Waals surface area contributed by atoms with Crippen LogP contribution in [0.1, 0.15) is 24.5 Å². The summed E-state index contributed by atoms with van der Waals surface area (Å²) < 4.78 is 5.60. The minimum atomic E-state index is -0.362. The quantitative estimate of drug-likeness (QED) is 0.740. The Labute approximate surface area is 161 Å². The highest BCUT2D eigenvalue weighted by atomic mass is 32.2. The summed E-state index contributed by atoms with van der Waals surface area (Å²) in [5.41, 5.74) is 2.63. The van der Waals surface area contributed by atoms with Crippen LogP contribution in [0.4, 0.5) is 0 Å². The molecule has 0 fully saturated rings. The number of aromatic nitrogens is 1. The maximum Gasteiger partial charge on any atom is 0.248 e. The van der Waals surface area contributed by atoms with Gasteiger partial charge in [0.05, 0.1) is 18.9 Å². The summed E-state index contributed by atoms with van der Waals surface area (Å²) in [6.07, 6.45) is 2.70. The van der Waals surface area contributed by atoms with Crippen molar-refractivity contribution in [3.63, 3.8) is 0 Å². The van der Waals surface area contributed by atoms with E-state index in [1.54, 1.807) is 11.1 Å². The number of amides is 1. The van der Waals surface area contributed by atoms with E-state index < -0.39 is 0 Å². The standard InChI is InChI=1S/C19H17N3O2S2/c1-2-10-24-13-7-5-12(6-8-13)11-22-18(23)16-15(21-19(22)25)14-4-3-9-20-17(14)26-16/h3-9,16H,2,10-11H2,1H3. The highest BCUT2D eigenvalue weighted by molar-refractivity contribution is 8.02. The Morgan fingerprint density at radius 3 is 2.85 bits per heavy atom. The molecular formula is C19H17N3O2S2. The lowest BCUT2D eigenvalue weighted by Crippen LogP contribution is -2.46. The van der Waals surface area contributed by atoms with Crippen LogP contribution in [-0.4, -0.2) is 38.5 Å². The normalized spacial score (nSPS) is 18.4. The molecule has 0 saturated carbocycles. The monoisotopic (exact) mass is 383 g/mol. The number of thiocarbonyl (C=S) groups is 1. The van der Waals surface area contributed by atoms with Gasteiger partial charge in [0.2, 0.25) is 11.0 Å². The highest BCUT2D eigenvalue weighted by Crippen LogP contribution is 2.39. The van der Waals surface area contributed by atoms with Crippen molar-refractivity contribution in [2.45, 2.75) is 30.2 Å². The van der Waals surface area contributed by atoms with E-state index in [1.165, 1.54) is 11.8 Å². The number of rotatable bonds is 5. The first-order valence-electron chi connectivity index (χ1n) is 8.45. The molecule has 2 aliphatic rings. The van der Waals surface area contributed by atoms with Gasteiger partial charge in [-0.25, -0.2) is 9.98 Å². The number of carbonyl (C=O) groups is 1. The van der Waals surface area contributed by atoms with Gasteiger partial charge in [0.1, 0.15) is 16.0 Å². The first kappa shape index (κ1) is 17.2. The molecule has 2 aliphatic heterocycles. The average molecular weight is 383 g/mol. The van der Waals surface area contributed by atoms with Crippen molar-refractivity contribution < 1.29 is 9.53 Å². The molecule has 3 heterocycles. The summed E-state index contributed by atoms with van der Waals surface area (Å²) in [4.78, 5) is 23.4. The fourth-order valence-electron chi connectivity index (χ4n) is 2.91. The lowest BCUT2D eigenvalue weighted by atomic mass is 10.1. The topological polar surface area (TPSA) is 54.8 Å². The van der Waals surface area contributed by atoms with Gasteiger partial charge in [0.15, 0.2) is 0 Å². The minimum absolute atomic E-state index is 0.0330. The van der Waals surface area contributed by atoms with Crippen LogP contribution in [0.2, 0.25) is 0 Å². The SMILES string of the molecule is CCCOc1ccc(CN2C(=O)C3Sc4ncccc4C3=NC2=S)cc1. The van der Waals surface area contributed by atoms with Gasteiger partial charge in [0, 0.05) is 11.8 Å². The summed E-state index contributed by atoms with van der Waals surface area (Å²) in [5.74, 6) is 0.797. The van der Waals surface area contributed by atoms with Crippen LogP contribution in [-0.2, 0) is 11.3 Å². The lowest BCUT2D eigenvalue weighted by Gasteiger charge is -2.28. The van der Waals surface area contributed by atoms with Crippen LogP contribution in [0.25, 0.3) is 0 Å². The molecule has 7 heteroatoms. The van der Waals surface area contributed by atoms with Crippen LogP contribution in [0, 0.1) is 0 Å². The molecule has 1 aromatic heterocycles. The molecule has 0 bridgehead atoms. The van der Waals surface area contributed by atoms with Gasteiger partial charge >= 0.3 is 0 Å². The van der Waals surface area contributed by atoms with Gasteiger partial charge in [-0.1, -0.05) is 30.8 Å². The first-order valence-corrected chi connectivity index (χ1v) is 9.74. The Bertz CT molecular complexity index is 896. The lowest BCUT2D eigenvalue weighted by molar-refractivity contribution is -0.126. The number of benzene rings is 1. The molecule has 1 amide bonds. The maximum absolute atomic E-state index is 13.0. The van der Waals surface area contributed by atoms with Crippen molar-refractivity contribution in [1.29, 1.82) is 0 Å². The predicted molar refractivity (Wildman–Crippen MR) is 106 cm³/mol. The Morgan fingerprint density at radius 1 is 1.27 bits per heavy atom. The summed E-state index contributed by atoms with van der Waals surface area (Å²) in [7, 11) is 0. The van der Waals surface area contributed by atoms with Crippen LogP contribution in [0.5, 0.6) is 5.75 Å². The van der Waals surface area contributed by atoms with E-state index in [-0.39, 0.29) is 11.2 Å². The van der Waals surface area contributed by atoms with E-state index >= 15 is 0 Å². The third-order valence-corrected chi connectivity index (χ3v) is 5.72. The Hall–Kier alpha value is -2.25. The fourth-order valence-corrected chi connectivity index (χ4v) is 4.33. The zero-order valence-corrected chi connectivity index (χ0v) is 15.8. The summed E-state index contributed by atoms with van der Waals surface area (Å²) in [6.45, 7) is 3.17. The molecule has 1 atom stereocenters. The van der Waals surface area contributed by atoms with Crippen molar-refractivity contribution in [1.82, 2.24) is 9.88 Å². The molecule has 4 rings (SSSR count). The first-order chi connectivity index (χ1) is 12.7. The van der Waals surface area contributed by atoms with Crippen molar-refractivity contribution in [2.75, 3.05) is 6.61 Å². The van der Waals surface area contributed by atoms with E-state index in [0.29, 0.717) is 18.3 Å². The van der Waals surface area contributed by atoms with E-state index in [2.05, 4.69) is 16.9 Å². The number of carbonyl (C=O) groups excluding carboxylic acids is 1. The zero-order valence-electron chi connectivity index (χ0n) is 14.2. The second-order valence-electron chi connectivity index (χ2n) is 6.05. The minimum Gasteiger partial charge on any atom is -0.494 e. The van der Waals surface area contributed by atoms with Crippen molar-refractivity contribution >= 4 is 40.7 Å². The molecule has 132 valence electrons. The third-order valence-electron chi connectivity index (χ3n) is 4.20. The number of nitrogens with zero attached hydrogens (tertiary/aromatic N) is 3. The summed E-state index contributed by atoms with van der Waals surface area (Å²) in [5, 5.41) is 0.787. The second kappa shape index (κ2) is 7.17. The van der Waals surface area contributed by atoms with Crippen molar-refractivity contribution in [3.05, 3.63) is 53.7 Å². The number of ether oxygens (including phenoxy) is 1. The molecule has 2 aromatic rings. The molecule has 1 aromatic carbocycles. The zero-order chi connectivity index (χ0) is 18.1. The second-order valence-corrected chi connectivity index (χ2v) is 7.51. The van der Waals surface area contributed by atoms with Crippen LogP contribution < -0.4 is 4.74 Å². The molecule has 0 saturated heterocycles. The van der Waals surface area contributed by atoms with Crippen LogP contribution in [0.15, 0.2) is 52.6 Å². The summed E-state index contributed by atoms with van der Waals surface area (Å²) in [6, 6.07) is 11.5. The smallest absolute Gasteiger partial charge is 0.248 e. The Morgan fingerprint density at radius 2 is 2.08 bits per heavy atom. The Kier molecular flexibility index (Phi) is 4.74. The summed E-state index contributed by atoms with van der Waals surface area (Å²) >= 11 is 6.85. The van der Waals surface area contributed by atoms with Gasteiger partial charge in [0.25, 0.3) is 0 Å². The van der Waals surface area contributed by atoms with Crippen LogP contribution >= 0.6 is 24.0 Å². The number of fused-ring (bicyclic) bond motifs is 3. The van der Waals surface area contributed by atoms with E-state index in [1.807, 2.05) is 36.4 Å². The third kappa shape index (κ3) is 3.12. The molecular weight excluding hydrogens is 366 g/mol. The van der Waals surface area contributed by atoms with E-state index in [0.717, 1.165) is 34.0 Å². The van der Waals surface area contributed by atoms with Gasteiger partial charge in [-0.15, -0.1) is 0 Å². The largest absolute Gasteiger partial charge is 0.494 e. The van der Waals surface area contributed by atoms with Gasteiger partial charge in [-0.2, -0.15) is 0 Å². The van der Waals surface area contributed by atoms with Gasteiger partial charge in [-0.3, -0.25) is 9.69 Å². The number of hydrogen-bond donors (Lipinski definition) is 0. The molecule has 0 N–H and O–H groups in total.